The highest BCUT2D eigenvalue weighted by Gasteiger charge is 2.25. The van der Waals surface area contributed by atoms with Gasteiger partial charge in [-0.3, -0.25) is 4.98 Å². The number of nitrogen functional groups attached to an aromatic ring is 1. The molecule has 0 bridgehead atoms. The number of nitrogens with two attached hydrogens (primary N) is 2. The fourth-order valence-corrected chi connectivity index (χ4v) is 3.02. The van der Waals surface area contributed by atoms with Crippen LogP contribution in [0.4, 0.5) is 5.69 Å². The largest absolute Gasteiger partial charge is 0.397 e. The third-order valence-electron chi connectivity index (χ3n) is 2.59. The summed E-state index contributed by atoms with van der Waals surface area (Å²) in [7, 11) is 0. The summed E-state index contributed by atoms with van der Waals surface area (Å²) in [6, 6.07) is 2.29. The van der Waals surface area contributed by atoms with Crippen molar-refractivity contribution in [3.63, 3.8) is 0 Å². The summed E-state index contributed by atoms with van der Waals surface area (Å²) in [5.41, 5.74) is 12.6. The maximum absolute atomic E-state index is 6.00. The van der Waals surface area contributed by atoms with E-state index in [1.165, 1.54) is 12.8 Å². The van der Waals surface area contributed by atoms with Gasteiger partial charge in [0.15, 0.2) is 0 Å². The first kappa shape index (κ1) is 9.80. The van der Waals surface area contributed by atoms with Crippen LogP contribution in [0, 0.1) is 0 Å². The van der Waals surface area contributed by atoms with E-state index < -0.39 is 0 Å². The van der Waals surface area contributed by atoms with Gasteiger partial charge in [0.05, 0.1) is 11.9 Å². The van der Waals surface area contributed by atoms with Crippen molar-refractivity contribution in [1.29, 1.82) is 0 Å². The molecule has 0 amide bonds. The van der Waals surface area contributed by atoms with Gasteiger partial charge in [0, 0.05) is 22.4 Å². The number of aromatic nitrogens is 1. The number of nitrogens with zero attached hydrogens (tertiary/aromatic N) is 1. The molecular formula is C10H15N3S. The van der Waals surface area contributed by atoms with E-state index in [9.17, 15) is 0 Å². The van der Waals surface area contributed by atoms with Crippen LogP contribution in [0.15, 0.2) is 23.4 Å². The zero-order valence-corrected chi connectivity index (χ0v) is 8.83. The molecule has 1 aromatic rings. The quantitative estimate of drug-likeness (QED) is 0.777. The second-order valence-corrected chi connectivity index (χ2v) is 4.95. The first-order valence-corrected chi connectivity index (χ1v) is 5.77. The standard InChI is InChI=1S/C10H15N3S/c11-7-2-1-3-9(7)14-10-4-5-13-6-8(10)12/h4-7,9H,1-3,11-12H2. The molecule has 1 heterocycles. The molecule has 2 atom stereocenters. The minimum Gasteiger partial charge on any atom is -0.397 e. The van der Waals surface area contributed by atoms with E-state index in [4.69, 9.17) is 11.5 Å². The molecule has 14 heavy (non-hydrogen) atoms. The minimum atomic E-state index is 0.326. The third-order valence-corrected chi connectivity index (χ3v) is 4.11. The predicted octanol–water partition coefficient (Wildman–Crippen LogP) is 1.64. The maximum atomic E-state index is 6.00. The molecule has 0 aromatic carbocycles. The van der Waals surface area contributed by atoms with Crippen LogP contribution in [0.1, 0.15) is 19.3 Å². The van der Waals surface area contributed by atoms with Gasteiger partial charge < -0.3 is 11.5 Å². The topological polar surface area (TPSA) is 64.9 Å². The van der Waals surface area contributed by atoms with Crippen LogP contribution in [-0.2, 0) is 0 Å². The number of hydrogen-bond acceptors (Lipinski definition) is 4. The summed E-state index contributed by atoms with van der Waals surface area (Å²) in [6.45, 7) is 0. The molecule has 0 spiro atoms. The first-order valence-electron chi connectivity index (χ1n) is 4.89. The zero-order chi connectivity index (χ0) is 9.97. The van der Waals surface area contributed by atoms with Crippen LogP contribution >= 0.6 is 11.8 Å². The van der Waals surface area contributed by atoms with Crippen molar-refractivity contribution in [2.75, 3.05) is 5.73 Å². The third kappa shape index (κ3) is 2.01. The maximum Gasteiger partial charge on any atom is 0.0638 e. The van der Waals surface area contributed by atoms with Crippen LogP contribution < -0.4 is 11.5 Å². The Balaban J connectivity index is 2.07. The van der Waals surface area contributed by atoms with Gasteiger partial charge in [-0.25, -0.2) is 0 Å². The number of thioether (sulfide) groups is 1. The van der Waals surface area contributed by atoms with Crippen molar-refractivity contribution in [1.82, 2.24) is 4.98 Å². The van der Waals surface area contributed by atoms with Crippen molar-refractivity contribution in [3.05, 3.63) is 18.5 Å². The molecule has 4 heteroatoms. The lowest BCUT2D eigenvalue weighted by Gasteiger charge is -2.15. The first-order chi connectivity index (χ1) is 6.77. The Morgan fingerprint density at radius 1 is 1.43 bits per heavy atom. The normalized spacial score (nSPS) is 26.6. The average molecular weight is 209 g/mol. The summed E-state index contributed by atoms with van der Waals surface area (Å²) < 4.78 is 0. The van der Waals surface area contributed by atoms with Gasteiger partial charge >= 0.3 is 0 Å². The van der Waals surface area contributed by atoms with Crippen molar-refractivity contribution >= 4 is 17.4 Å². The van der Waals surface area contributed by atoms with Crippen LogP contribution in [0.5, 0.6) is 0 Å². The average Bonchev–Trinajstić information content (AvgIpc) is 2.56. The van der Waals surface area contributed by atoms with Gasteiger partial charge in [-0.15, -0.1) is 11.8 Å². The molecule has 3 nitrogen and oxygen atoms in total. The Kier molecular flexibility index (Phi) is 2.93. The van der Waals surface area contributed by atoms with E-state index in [-0.39, 0.29) is 0 Å². The molecule has 1 aromatic heterocycles. The van der Waals surface area contributed by atoms with Crippen molar-refractivity contribution in [2.24, 2.45) is 5.73 Å². The summed E-state index contributed by atoms with van der Waals surface area (Å²) in [4.78, 5) is 5.08. The number of pyridine rings is 1. The molecule has 1 saturated carbocycles. The van der Waals surface area contributed by atoms with E-state index in [1.54, 1.807) is 24.2 Å². The lowest BCUT2D eigenvalue weighted by atomic mass is 10.3. The smallest absolute Gasteiger partial charge is 0.0638 e. The van der Waals surface area contributed by atoms with E-state index >= 15 is 0 Å². The highest BCUT2D eigenvalue weighted by molar-refractivity contribution is 8.00. The Morgan fingerprint density at radius 3 is 2.93 bits per heavy atom. The number of anilines is 1. The molecule has 2 unspecified atom stereocenters. The zero-order valence-electron chi connectivity index (χ0n) is 8.02. The Morgan fingerprint density at radius 2 is 2.29 bits per heavy atom. The van der Waals surface area contributed by atoms with Crippen LogP contribution in [0.2, 0.25) is 0 Å². The number of hydrogen-bond donors (Lipinski definition) is 2. The molecular weight excluding hydrogens is 194 g/mol. The van der Waals surface area contributed by atoms with E-state index in [0.717, 1.165) is 17.0 Å². The van der Waals surface area contributed by atoms with E-state index in [1.807, 2.05) is 6.07 Å². The Labute approximate surface area is 88.3 Å². The van der Waals surface area contributed by atoms with Crippen LogP contribution in [0.3, 0.4) is 0 Å². The molecule has 76 valence electrons. The molecule has 1 aliphatic carbocycles. The summed E-state index contributed by atoms with van der Waals surface area (Å²) >= 11 is 1.80. The minimum absolute atomic E-state index is 0.326. The van der Waals surface area contributed by atoms with Gasteiger partial charge in [-0.05, 0) is 18.9 Å². The summed E-state index contributed by atoms with van der Waals surface area (Å²) in [5.74, 6) is 0. The molecule has 0 aliphatic heterocycles. The molecule has 0 saturated heterocycles. The Bertz CT molecular complexity index is 316. The lowest BCUT2D eigenvalue weighted by Crippen LogP contribution is -2.26. The van der Waals surface area contributed by atoms with Gasteiger partial charge in [-0.1, -0.05) is 6.42 Å². The van der Waals surface area contributed by atoms with Crippen LogP contribution in [0.25, 0.3) is 0 Å². The highest BCUT2D eigenvalue weighted by atomic mass is 32.2. The van der Waals surface area contributed by atoms with Gasteiger partial charge in [0.25, 0.3) is 0 Å². The molecule has 1 aliphatic rings. The highest BCUT2D eigenvalue weighted by Crippen LogP contribution is 2.36. The molecule has 2 rings (SSSR count). The van der Waals surface area contributed by atoms with Crippen molar-refractivity contribution < 1.29 is 0 Å². The lowest BCUT2D eigenvalue weighted by molar-refractivity contribution is 0.716. The monoisotopic (exact) mass is 209 g/mol. The van der Waals surface area contributed by atoms with Crippen LogP contribution in [-0.4, -0.2) is 16.3 Å². The summed E-state index contributed by atoms with van der Waals surface area (Å²) in [6.07, 6.45) is 7.06. The van der Waals surface area contributed by atoms with Gasteiger partial charge in [0.1, 0.15) is 0 Å². The van der Waals surface area contributed by atoms with E-state index in [2.05, 4.69) is 4.98 Å². The van der Waals surface area contributed by atoms with Crippen molar-refractivity contribution in [2.45, 2.75) is 35.4 Å². The van der Waals surface area contributed by atoms with Crippen molar-refractivity contribution in [3.8, 4) is 0 Å². The second kappa shape index (κ2) is 4.19. The molecule has 1 fully saturated rings. The molecule has 0 radical (unpaired) electrons. The molecule has 4 N–H and O–H groups in total. The van der Waals surface area contributed by atoms with Gasteiger partial charge in [0.2, 0.25) is 0 Å². The Hall–Kier alpha value is -0.740. The fraction of sp³-hybridized carbons (Fsp3) is 0.500. The fourth-order valence-electron chi connectivity index (χ4n) is 1.77. The predicted molar refractivity (Wildman–Crippen MR) is 60.1 cm³/mol. The SMILES string of the molecule is Nc1cnccc1SC1CCCC1N. The number of rotatable bonds is 2. The van der Waals surface area contributed by atoms with Gasteiger partial charge in [-0.2, -0.15) is 0 Å². The second-order valence-electron chi connectivity index (χ2n) is 3.66. The van der Waals surface area contributed by atoms with E-state index in [0.29, 0.717) is 11.3 Å². The summed E-state index contributed by atoms with van der Waals surface area (Å²) in [5, 5.41) is 0.527.